The lowest BCUT2D eigenvalue weighted by Gasteiger charge is -2.24. The van der Waals surface area contributed by atoms with Gasteiger partial charge in [-0.2, -0.15) is 0 Å². The third kappa shape index (κ3) is 6.86. The lowest BCUT2D eigenvalue weighted by Crippen LogP contribution is -2.35. The number of amides is 1. The van der Waals surface area contributed by atoms with E-state index in [9.17, 15) is 14.4 Å². The second kappa shape index (κ2) is 9.94. The van der Waals surface area contributed by atoms with Gasteiger partial charge in [-0.3, -0.25) is 14.4 Å². The highest BCUT2D eigenvalue weighted by Crippen LogP contribution is 2.25. The molecule has 1 amide bonds. The van der Waals surface area contributed by atoms with Gasteiger partial charge >= 0.3 is 11.9 Å². The van der Waals surface area contributed by atoms with Crippen molar-refractivity contribution < 1.29 is 23.9 Å². The molecule has 0 aliphatic rings. The molecular weight excluding hydrogens is 334 g/mol. The van der Waals surface area contributed by atoms with E-state index in [0.717, 1.165) is 5.56 Å². The van der Waals surface area contributed by atoms with Gasteiger partial charge in [0, 0.05) is 12.2 Å². The van der Waals surface area contributed by atoms with Crippen molar-refractivity contribution in [3.05, 3.63) is 29.8 Å². The first-order chi connectivity index (χ1) is 12.2. The first kappa shape index (κ1) is 21.7. The maximum atomic E-state index is 12.6. The molecule has 0 aliphatic carbocycles. The molecule has 0 saturated heterocycles. The minimum Gasteiger partial charge on any atom is -0.466 e. The topological polar surface area (TPSA) is 72.9 Å². The maximum Gasteiger partial charge on any atom is 0.315 e. The Balaban J connectivity index is 2.97. The summed E-state index contributed by atoms with van der Waals surface area (Å²) in [6.45, 7) is 10.4. The number of esters is 2. The maximum absolute atomic E-state index is 12.6. The third-order valence-electron chi connectivity index (χ3n) is 3.79. The molecule has 0 aromatic heterocycles. The molecule has 0 bridgehead atoms. The molecule has 1 aromatic carbocycles. The van der Waals surface area contributed by atoms with Crippen LogP contribution in [-0.2, 0) is 29.3 Å². The molecule has 1 aromatic rings. The lowest BCUT2D eigenvalue weighted by molar-refractivity contribution is -0.145. The normalized spacial score (nSPS) is 11.0. The molecule has 1 rings (SSSR count). The average Bonchev–Trinajstić information content (AvgIpc) is 2.55. The SMILES string of the molecule is CCOC(=O)CCN(C(=O)CC(=O)OCC)c1ccc(C(C)(C)C)cc1. The van der Waals surface area contributed by atoms with Crippen molar-refractivity contribution in [2.45, 2.75) is 52.9 Å². The zero-order valence-electron chi connectivity index (χ0n) is 16.3. The van der Waals surface area contributed by atoms with E-state index in [-0.39, 0.29) is 44.0 Å². The van der Waals surface area contributed by atoms with E-state index in [2.05, 4.69) is 20.8 Å². The number of ether oxygens (including phenoxy) is 2. The number of carbonyl (C=O) groups excluding carboxylic acids is 3. The minimum atomic E-state index is -0.579. The summed E-state index contributed by atoms with van der Waals surface area (Å²) in [5.41, 5.74) is 1.75. The Hall–Kier alpha value is -2.37. The summed E-state index contributed by atoms with van der Waals surface area (Å²) in [6, 6.07) is 7.55. The summed E-state index contributed by atoms with van der Waals surface area (Å²) in [5.74, 6) is -1.37. The van der Waals surface area contributed by atoms with Crippen molar-refractivity contribution in [3.8, 4) is 0 Å². The van der Waals surface area contributed by atoms with E-state index in [1.165, 1.54) is 4.90 Å². The predicted octanol–water partition coefficient (Wildman–Crippen LogP) is 3.22. The summed E-state index contributed by atoms with van der Waals surface area (Å²) >= 11 is 0. The van der Waals surface area contributed by atoms with Gasteiger partial charge < -0.3 is 14.4 Å². The fraction of sp³-hybridized carbons (Fsp3) is 0.550. The van der Waals surface area contributed by atoms with Crippen LogP contribution in [0.2, 0.25) is 0 Å². The van der Waals surface area contributed by atoms with Gasteiger partial charge in [-0.05, 0) is 37.0 Å². The number of benzene rings is 1. The molecule has 0 saturated carbocycles. The first-order valence-electron chi connectivity index (χ1n) is 8.91. The molecule has 0 heterocycles. The fourth-order valence-electron chi connectivity index (χ4n) is 2.41. The molecule has 0 unspecified atom stereocenters. The van der Waals surface area contributed by atoms with Crippen molar-refractivity contribution in [1.29, 1.82) is 0 Å². The highest BCUT2D eigenvalue weighted by atomic mass is 16.5. The van der Waals surface area contributed by atoms with Crippen LogP contribution in [0.3, 0.4) is 0 Å². The lowest BCUT2D eigenvalue weighted by atomic mass is 9.87. The zero-order valence-corrected chi connectivity index (χ0v) is 16.3. The molecule has 0 radical (unpaired) electrons. The van der Waals surface area contributed by atoms with Crippen molar-refractivity contribution in [1.82, 2.24) is 0 Å². The molecule has 26 heavy (non-hydrogen) atoms. The average molecular weight is 363 g/mol. The van der Waals surface area contributed by atoms with Crippen molar-refractivity contribution >= 4 is 23.5 Å². The number of hydrogen-bond acceptors (Lipinski definition) is 5. The predicted molar refractivity (Wildman–Crippen MR) is 100.0 cm³/mol. The highest BCUT2D eigenvalue weighted by Gasteiger charge is 2.22. The number of rotatable bonds is 8. The zero-order chi connectivity index (χ0) is 19.7. The molecule has 0 aliphatic heterocycles. The Kier molecular flexibility index (Phi) is 8.29. The van der Waals surface area contributed by atoms with Crippen molar-refractivity contribution in [3.63, 3.8) is 0 Å². The van der Waals surface area contributed by atoms with Crippen LogP contribution in [0.15, 0.2) is 24.3 Å². The monoisotopic (exact) mass is 363 g/mol. The van der Waals surface area contributed by atoms with Gasteiger partial charge in [0.2, 0.25) is 5.91 Å². The first-order valence-corrected chi connectivity index (χ1v) is 8.91. The van der Waals surface area contributed by atoms with Crippen LogP contribution < -0.4 is 4.90 Å². The number of carbonyl (C=O) groups is 3. The highest BCUT2D eigenvalue weighted by molar-refractivity contribution is 6.03. The molecule has 144 valence electrons. The number of anilines is 1. The van der Waals surface area contributed by atoms with Gasteiger partial charge in [0.25, 0.3) is 0 Å². The molecule has 0 fully saturated rings. The minimum absolute atomic E-state index is 0.0107. The molecule has 6 nitrogen and oxygen atoms in total. The van der Waals surface area contributed by atoms with Crippen LogP contribution in [0.25, 0.3) is 0 Å². The largest absolute Gasteiger partial charge is 0.466 e. The van der Waals surface area contributed by atoms with Gasteiger partial charge in [-0.15, -0.1) is 0 Å². The van der Waals surface area contributed by atoms with Crippen molar-refractivity contribution in [2.24, 2.45) is 0 Å². The van der Waals surface area contributed by atoms with E-state index >= 15 is 0 Å². The van der Waals surface area contributed by atoms with Crippen LogP contribution in [-0.4, -0.2) is 37.6 Å². The van der Waals surface area contributed by atoms with E-state index < -0.39 is 11.9 Å². The van der Waals surface area contributed by atoms with Gasteiger partial charge in [0.1, 0.15) is 6.42 Å². The summed E-state index contributed by atoms with van der Waals surface area (Å²) in [4.78, 5) is 37.3. The Morgan fingerprint density at radius 3 is 1.96 bits per heavy atom. The second-order valence-electron chi connectivity index (χ2n) is 6.88. The summed E-state index contributed by atoms with van der Waals surface area (Å²) in [7, 11) is 0. The summed E-state index contributed by atoms with van der Waals surface area (Å²) in [6.07, 6.45) is -0.304. The Bertz CT molecular complexity index is 616. The Morgan fingerprint density at radius 1 is 0.923 bits per heavy atom. The number of hydrogen-bond donors (Lipinski definition) is 0. The standard InChI is InChI=1S/C20H29NO5/c1-6-25-18(23)12-13-21(17(22)14-19(24)26-7-2)16-10-8-15(9-11-16)20(3,4)5/h8-11H,6-7,12-14H2,1-5H3. The van der Waals surface area contributed by atoms with Crippen LogP contribution in [0.4, 0.5) is 5.69 Å². The van der Waals surface area contributed by atoms with Gasteiger partial charge in [-0.1, -0.05) is 32.9 Å². The molecule has 6 heteroatoms. The van der Waals surface area contributed by atoms with Crippen LogP contribution in [0, 0.1) is 0 Å². The molecule has 0 N–H and O–H groups in total. The van der Waals surface area contributed by atoms with Crippen LogP contribution >= 0.6 is 0 Å². The van der Waals surface area contributed by atoms with E-state index in [4.69, 9.17) is 9.47 Å². The summed E-state index contributed by atoms with van der Waals surface area (Å²) in [5, 5.41) is 0. The van der Waals surface area contributed by atoms with E-state index in [0.29, 0.717) is 5.69 Å². The fourth-order valence-corrected chi connectivity index (χ4v) is 2.41. The van der Waals surface area contributed by atoms with Gasteiger partial charge in [-0.25, -0.2) is 0 Å². The Labute approximate surface area is 155 Å². The molecule has 0 spiro atoms. The summed E-state index contributed by atoms with van der Waals surface area (Å²) < 4.78 is 9.77. The van der Waals surface area contributed by atoms with E-state index in [1.54, 1.807) is 13.8 Å². The van der Waals surface area contributed by atoms with Gasteiger partial charge in [0.05, 0.1) is 19.6 Å². The number of nitrogens with zero attached hydrogens (tertiary/aromatic N) is 1. The quantitative estimate of drug-likeness (QED) is 0.524. The Morgan fingerprint density at radius 2 is 1.46 bits per heavy atom. The van der Waals surface area contributed by atoms with Gasteiger partial charge in [0.15, 0.2) is 0 Å². The van der Waals surface area contributed by atoms with E-state index in [1.807, 2.05) is 24.3 Å². The van der Waals surface area contributed by atoms with Crippen molar-refractivity contribution in [2.75, 3.05) is 24.7 Å². The van der Waals surface area contributed by atoms with Crippen LogP contribution in [0.1, 0.15) is 53.0 Å². The second-order valence-corrected chi connectivity index (χ2v) is 6.88. The van der Waals surface area contributed by atoms with Crippen LogP contribution in [0.5, 0.6) is 0 Å². The smallest absolute Gasteiger partial charge is 0.315 e. The molecule has 0 atom stereocenters. The molecular formula is C20H29NO5. The third-order valence-corrected chi connectivity index (χ3v) is 3.79.